The van der Waals surface area contributed by atoms with E-state index < -0.39 is 23.6 Å². The van der Waals surface area contributed by atoms with Crippen molar-refractivity contribution in [1.82, 2.24) is 9.80 Å². The van der Waals surface area contributed by atoms with Crippen LogP contribution in [-0.4, -0.2) is 54.1 Å². The van der Waals surface area contributed by atoms with E-state index in [1.165, 1.54) is 12.1 Å². The molecule has 1 aliphatic heterocycles. The van der Waals surface area contributed by atoms with Crippen molar-refractivity contribution in [2.45, 2.75) is 6.04 Å². The second-order valence-corrected chi connectivity index (χ2v) is 4.72. The molecule has 1 aromatic rings. The first-order chi connectivity index (χ1) is 9.00. The van der Waals surface area contributed by atoms with Crippen LogP contribution in [0.2, 0.25) is 0 Å². The summed E-state index contributed by atoms with van der Waals surface area (Å²) >= 11 is 0. The van der Waals surface area contributed by atoms with Crippen LogP contribution < -0.4 is 0 Å². The Morgan fingerprint density at radius 1 is 1.25 bits per heavy atom. The summed E-state index contributed by atoms with van der Waals surface area (Å²) in [7, 11) is 1.94. The van der Waals surface area contributed by atoms with E-state index >= 15 is 0 Å². The number of hydrogen-bond donors (Lipinski definition) is 1. The molecule has 112 valence electrons. The molecular weight excluding hydrogens is 290 g/mol. The van der Waals surface area contributed by atoms with Crippen LogP contribution in [0.3, 0.4) is 0 Å². The smallest absolute Gasteiger partial charge is 0.325 e. The number of benzene rings is 1. The molecule has 1 saturated heterocycles. The van der Waals surface area contributed by atoms with Crippen molar-refractivity contribution in [3.63, 3.8) is 0 Å². The fraction of sp³-hybridized carbons (Fsp3) is 0.462. The molecule has 0 spiro atoms. The molecular formula is C13H17ClF2N2O2. The number of carboxylic acids is 1. The molecule has 4 nitrogen and oxygen atoms in total. The van der Waals surface area contributed by atoms with E-state index in [-0.39, 0.29) is 18.0 Å². The maximum atomic E-state index is 13.8. The van der Waals surface area contributed by atoms with Crippen LogP contribution in [0.5, 0.6) is 0 Å². The minimum atomic E-state index is -1.16. The monoisotopic (exact) mass is 306 g/mol. The highest BCUT2D eigenvalue weighted by atomic mass is 35.5. The van der Waals surface area contributed by atoms with Crippen molar-refractivity contribution in [2.75, 3.05) is 33.2 Å². The molecule has 2 rings (SSSR count). The maximum Gasteiger partial charge on any atom is 0.325 e. The van der Waals surface area contributed by atoms with Gasteiger partial charge in [0.2, 0.25) is 0 Å². The number of rotatable bonds is 3. The Labute approximate surface area is 122 Å². The fourth-order valence-electron chi connectivity index (χ4n) is 2.30. The Bertz CT molecular complexity index is 479. The molecule has 1 aromatic carbocycles. The predicted octanol–water partition coefficient (Wildman–Crippen LogP) is 1.76. The van der Waals surface area contributed by atoms with E-state index in [0.29, 0.717) is 26.2 Å². The van der Waals surface area contributed by atoms with Gasteiger partial charge in [-0.15, -0.1) is 12.4 Å². The highest BCUT2D eigenvalue weighted by Crippen LogP contribution is 2.26. The third-order valence-electron chi connectivity index (χ3n) is 3.41. The van der Waals surface area contributed by atoms with Crippen LogP contribution >= 0.6 is 12.4 Å². The largest absolute Gasteiger partial charge is 0.480 e. The summed E-state index contributed by atoms with van der Waals surface area (Å²) in [5.74, 6) is -3.25. The van der Waals surface area contributed by atoms with E-state index in [1.54, 1.807) is 4.90 Å². The molecule has 1 aliphatic rings. The predicted molar refractivity (Wildman–Crippen MR) is 73.1 cm³/mol. The third-order valence-corrected chi connectivity index (χ3v) is 3.41. The topological polar surface area (TPSA) is 43.8 Å². The van der Waals surface area contributed by atoms with Crippen LogP contribution in [0.15, 0.2) is 18.2 Å². The maximum absolute atomic E-state index is 13.8. The quantitative estimate of drug-likeness (QED) is 0.924. The summed E-state index contributed by atoms with van der Waals surface area (Å²) < 4.78 is 27.0. The van der Waals surface area contributed by atoms with Crippen molar-refractivity contribution in [2.24, 2.45) is 0 Å². The Morgan fingerprint density at radius 2 is 1.85 bits per heavy atom. The van der Waals surface area contributed by atoms with Gasteiger partial charge in [0.15, 0.2) is 11.6 Å². The van der Waals surface area contributed by atoms with Crippen LogP contribution in [0.1, 0.15) is 11.6 Å². The average molecular weight is 307 g/mol. The Balaban J connectivity index is 0.00000200. The summed E-state index contributed by atoms with van der Waals surface area (Å²) in [5.41, 5.74) is -0.114. The zero-order valence-corrected chi connectivity index (χ0v) is 11.9. The summed E-state index contributed by atoms with van der Waals surface area (Å²) in [6, 6.07) is 2.51. The molecule has 7 heteroatoms. The lowest BCUT2D eigenvalue weighted by atomic mass is 10.0. The van der Waals surface area contributed by atoms with Gasteiger partial charge in [-0.25, -0.2) is 8.78 Å². The van der Waals surface area contributed by atoms with E-state index in [1.807, 2.05) is 7.05 Å². The van der Waals surface area contributed by atoms with Gasteiger partial charge in [0.25, 0.3) is 0 Å². The van der Waals surface area contributed by atoms with Crippen molar-refractivity contribution >= 4 is 18.4 Å². The highest BCUT2D eigenvalue weighted by Gasteiger charge is 2.32. The molecule has 20 heavy (non-hydrogen) atoms. The zero-order chi connectivity index (χ0) is 14.0. The number of halogens is 3. The molecule has 1 unspecified atom stereocenters. The Hall–Kier alpha value is -1.24. The molecule has 1 fully saturated rings. The molecule has 1 heterocycles. The van der Waals surface area contributed by atoms with Crippen LogP contribution in [0.4, 0.5) is 8.78 Å². The van der Waals surface area contributed by atoms with Gasteiger partial charge in [0.05, 0.1) is 0 Å². The van der Waals surface area contributed by atoms with Crippen LogP contribution in [0, 0.1) is 11.6 Å². The molecule has 0 aromatic heterocycles. The van der Waals surface area contributed by atoms with E-state index in [0.717, 1.165) is 6.07 Å². The fourth-order valence-corrected chi connectivity index (χ4v) is 2.30. The van der Waals surface area contributed by atoms with E-state index in [4.69, 9.17) is 0 Å². The first-order valence-corrected chi connectivity index (χ1v) is 6.10. The number of carbonyl (C=O) groups is 1. The first-order valence-electron chi connectivity index (χ1n) is 6.10. The summed E-state index contributed by atoms with van der Waals surface area (Å²) in [6.45, 7) is 2.45. The zero-order valence-electron chi connectivity index (χ0n) is 11.1. The third kappa shape index (κ3) is 3.45. The minimum Gasteiger partial charge on any atom is -0.480 e. The molecule has 1 atom stereocenters. The second-order valence-electron chi connectivity index (χ2n) is 4.72. The first kappa shape index (κ1) is 16.8. The van der Waals surface area contributed by atoms with Crippen molar-refractivity contribution < 1.29 is 18.7 Å². The summed E-state index contributed by atoms with van der Waals surface area (Å²) in [5, 5.41) is 9.32. The second kappa shape index (κ2) is 6.97. The average Bonchev–Trinajstić information content (AvgIpc) is 2.37. The number of piperazine rings is 1. The van der Waals surface area contributed by atoms with Gasteiger partial charge < -0.3 is 10.0 Å². The molecule has 0 aliphatic carbocycles. The van der Waals surface area contributed by atoms with Gasteiger partial charge in [0, 0.05) is 31.7 Å². The van der Waals surface area contributed by atoms with Gasteiger partial charge in [-0.3, -0.25) is 9.69 Å². The number of nitrogens with zero attached hydrogens (tertiary/aromatic N) is 2. The van der Waals surface area contributed by atoms with Gasteiger partial charge in [-0.2, -0.15) is 0 Å². The van der Waals surface area contributed by atoms with Gasteiger partial charge in [0.1, 0.15) is 6.04 Å². The lowest BCUT2D eigenvalue weighted by Crippen LogP contribution is -2.48. The Kier molecular flexibility index (Phi) is 5.86. The summed E-state index contributed by atoms with van der Waals surface area (Å²) in [4.78, 5) is 15.1. The van der Waals surface area contributed by atoms with Crippen molar-refractivity contribution in [3.8, 4) is 0 Å². The Morgan fingerprint density at radius 3 is 2.40 bits per heavy atom. The molecule has 0 saturated carbocycles. The lowest BCUT2D eigenvalue weighted by molar-refractivity contribution is -0.144. The number of aliphatic carboxylic acids is 1. The van der Waals surface area contributed by atoms with Crippen molar-refractivity contribution in [1.29, 1.82) is 0 Å². The van der Waals surface area contributed by atoms with Crippen LogP contribution in [0.25, 0.3) is 0 Å². The molecule has 0 amide bonds. The molecule has 1 N–H and O–H groups in total. The number of carboxylic acid groups (broad SMARTS) is 1. The van der Waals surface area contributed by atoms with Gasteiger partial charge in [-0.05, 0) is 13.1 Å². The standard InChI is InChI=1S/C13H16F2N2O2.ClH/c1-16-5-7-17(8-6-16)12(13(18)19)9-3-2-4-10(14)11(9)15;/h2-4,12H,5-8H2,1H3,(H,18,19);1H. The highest BCUT2D eigenvalue weighted by molar-refractivity contribution is 5.85. The normalized spacial score (nSPS) is 18.4. The number of likely N-dealkylation sites (N-methyl/N-ethyl adjacent to an activating group) is 1. The van der Waals surface area contributed by atoms with E-state index in [9.17, 15) is 18.7 Å². The lowest BCUT2D eigenvalue weighted by Gasteiger charge is -2.36. The molecule has 0 radical (unpaired) electrons. The van der Waals surface area contributed by atoms with E-state index in [2.05, 4.69) is 4.90 Å². The van der Waals surface area contributed by atoms with Crippen LogP contribution in [-0.2, 0) is 4.79 Å². The SMILES string of the molecule is CN1CCN(C(C(=O)O)c2cccc(F)c2F)CC1.Cl. The van der Waals surface area contributed by atoms with Crippen molar-refractivity contribution in [3.05, 3.63) is 35.4 Å². The minimum absolute atomic E-state index is 0. The number of hydrogen-bond acceptors (Lipinski definition) is 3. The summed E-state index contributed by atoms with van der Waals surface area (Å²) in [6.07, 6.45) is 0. The molecule has 0 bridgehead atoms. The van der Waals surface area contributed by atoms with Gasteiger partial charge in [-0.1, -0.05) is 12.1 Å². The van der Waals surface area contributed by atoms with Gasteiger partial charge >= 0.3 is 5.97 Å².